The van der Waals surface area contributed by atoms with Crippen LogP contribution >= 0.6 is 11.6 Å². The van der Waals surface area contributed by atoms with Gasteiger partial charge in [0.1, 0.15) is 17.4 Å². The largest absolute Gasteiger partial charge is 0.494 e. The van der Waals surface area contributed by atoms with Crippen molar-refractivity contribution >= 4 is 40.7 Å². The van der Waals surface area contributed by atoms with E-state index in [1.165, 1.54) is 4.90 Å². The molecule has 196 valence electrons. The monoisotopic (exact) mass is 527 g/mol. The molecular weight excluding hydrogens is 498 g/mol. The summed E-state index contributed by atoms with van der Waals surface area (Å²) in [6.07, 6.45) is 0.924. The van der Waals surface area contributed by atoms with Crippen LogP contribution in [0.2, 0.25) is 5.02 Å². The zero-order chi connectivity index (χ0) is 26.2. The maximum absolute atomic E-state index is 13.7. The number of fused-ring (bicyclic) bond motifs is 1. The molecule has 3 aliphatic rings. The van der Waals surface area contributed by atoms with Gasteiger partial charge in [-0.15, -0.1) is 0 Å². The number of rotatable bonds is 9. The van der Waals surface area contributed by atoms with Crippen molar-refractivity contribution in [2.24, 2.45) is 11.8 Å². The first-order valence-corrected chi connectivity index (χ1v) is 12.9. The van der Waals surface area contributed by atoms with Gasteiger partial charge in [-0.2, -0.15) is 0 Å². The molecule has 3 heterocycles. The summed E-state index contributed by atoms with van der Waals surface area (Å²) in [5.74, 6) is -1.80. The van der Waals surface area contributed by atoms with Crippen LogP contribution in [0.5, 0.6) is 5.75 Å². The van der Waals surface area contributed by atoms with Gasteiger partial charge in [-0.3, -0.25) is 14.4 Å². The van der Waals surface area contributed by atoms with Crippen molar-refractivity contribution in [3.05, 3.63) is 53.6 Å². The molecule has 3 fully saturated rings. The first-order valence-electron chi connectivity index (χ1n) is 12.6. The van der Waals surface area contributed by atoms with Crippen LogP contribution < -0.4 is 15.4 Å². The van der Waals surface area contributed by atoms with Gasteiger partial charge in [0.25, 0.3) is 0 Å². The number of nitrogens with one attached hydrogen (secondary N) is 2. The maximum Gasteiger partial charge on any atom is 0.250 e. The Labute approximate surface area is 220 Å². The molecule has 3 aliphatic heterocycles. The number of hydrogen-bond acceptors (Lipinski definition) is 6. The van der Waals surface area contributed by atoms with Gasteiger partial charge in [0, 0.05) is 29.5 Å². The van der Waals surface area contributed by atoms with Crippen molar-refractivity contribution < 1.29 is 29.0 Å². The van der Waals surface area contributed by atoms with E-state index in [4.69, 9.17) is 21.1 Å². The van der Waals surface area contributed by atoms with Crippen LogP contribution in [0.25, 0.3) is 0 Å². The van der Waals surface area contributed by atoms with Gasteiger partial charge in [-0.05, 0) is 74.7 Å². The number of halogens is 1. The lowest BCUT2D eigenvalue weighted by molar-refractivity contribution is -0.139. The normalized spacial score (nSPS) is 27.8. The minimum atomic E-state index is -1.10. The van der Waals surface area contributed by atoms with Crippen LogP contribution in [0.15, 0.2) is 48.5 Å². The van der Waals surface area contributed by atoms with E-state index in [0.29, 0.717) is 48.0 Å². The number of carbonyl (C=O) groups is 3. The minimum Gasteiger partial charge on any atom is -0.494 e. The standard InChI is InChI=1S/C27H30ClN3O6/c1-2-36-19-10-8-18(9-11-19)29-24(33)21-20-12-13-27(37-20)22(21)26(35)31(14-3-15-32)23(27)25(34)30-17-6-4-16(28)5-7-17/h4-11,20-23,32H,2-3,12-15H2,1H3,(H,29,33)(H,30,34)/t20-,21+,22-,23?,27?/m0/s1. The van der Waals surface area contributed by atoms with Gasteiger partial charge in [0.2, 0.25) is 17.7 Å². The van der Waals surface area contributed by atoms with Gasteiger partial charge in [0.15, 0.2) is 0 Å². The number of likely N-dealkylation sites (tertiary alicyclic amines) is 1. The van der Waals surface area contributed by atoms with Gasteiger partial charge < -0.3 is 30.1 Å². The fourth-order valence-electron chi connectivity index (χ4n) is 6.01. The van der Waals surface area contributed by atoms with E-state index in [-0.39, 0.29) is 30.9 Å². The molecule has 2 bridgehead atoms. The topological polar surface area (TPSA) is 117 Å². The molecule has 2 aromatic rings. The SMILES string of the molecule is CCOc1ccc(NC(=O)[C@@H]2[C@@H]3CCC4(O3)C(C(=O)Nc3ccc(Cl)cc3)N(CCCO)C(=O)[C@H]24)cc1. The Morgan fingerprint density at radius 2 is 1.76 bits per heavy atom. The molecule has 0 aliphatic carbocycles. The van der Waals surface area contributed by atoms with E-state index in [0.717, 1.165) is 0 Å². The Morgan fingerprint density at radius 1 is 1.11 bits per heavy atom. The Balaban J connectivity index is 1.40. The predicted molar refractivity (Wildman–Crippen MR) is 137 cm³/mol. The fraction of sp³-hybridized carbons (Fsp3) is 0.444. The van der Waals surface area contributed by atoms with Crippen molar-refractivity contribution in [2.45, 2.75) is 43.9 Å². The summed E-state index contributed by atoms with van der Waals surface area (Å²) in [5.41, 5.74) is 0.0280. The number of aliphatic hydroxyl groups is 1. The summed E-state index contributed by atoms with van der Waals surface area (Å²) in [6, 6.07) is 12.8. The first kappa shape index (κ1) is 25.5. The number of nitrogens with zero attached hydrogens (tertiary/aromatic N) is 1. The van der Waals surface area contributed by atoms with Gasteiger partial charge in [-0.1, -0.05) is 11.6 Å². The van der Waals surface area contributed by atoms with E-state index >= 15 is 0 Å². The van der Waals surface area contributed by atoms with Crippen molar-refractivity contribution in [3.63, 3.8) is 0 Å². The second kappa shape index (κ2) is 10.3. The third kappa shape index (κ3) is 4.56. The number of ether oxygens (including phenoxy) is 2. The van der Waals surface area contributed by atoms with Crippen molar-refractivity contribution in [2.75, 3.05) is 30.4 Å². The lowest BCUT2D eigenvalue weighted by atomic mass is 9.70. The van der Waals surface area contributed by atoms with E-state index < -0.39 is 29.6 Å². The highest BCUT2D eigenvalue weighted by Gasteiger charge is 2.74. The van der Waals surface area contributed by atoms with Gasteiger partial charge >= 0.3 is 0 Å². The number of carbonyl (C=O) groups excluding carboxylic acids is 3. The van der Waals surface area contributed by atoms with Crippen LogP contribution in [-0.2, 0) is 19.1 Å². The molecule has 2 unspecified atom stereocenters. The zero-order valence-electron chi connectivity index (χ0n) is 20.5. The van der Waals surface area contributed by atoms with Crippen molar-refractivity contribution in [3.8, 4) is 5.75 Å². The Bertz CT molecular complexity index is 1170. The molecule has 0 saturated carbocycles. The number of benzene rings is 2. The highest BCUT2D eigenvalue weighted by Crippen LogP contribution is 2.58. The van der Waals surface area contributed by atoms with E-state index in [1.807, 2.05) is 6.92 Å². The Kier molecular flexibility index (Phi) is 7.11. The highest BCUT2D eigenvalue weighted by atomic mass is 35.5. The molecule has 9 nitrogen and oxygen atoms in total. The number of aliphatic hydroxyl groups excluding tert-OH is 1. The first-order chi connectivity index (χ1) is 17.9. The molecule has 3 saturated heterocycles. The van der Waals surface area contributed by atoms with Crippen LogP contribution in [0.3, 0.4) is 0 Å². The third-order valence-electron chi connectivity index (χ3n) is 7.45. The van der Waals surface area contributed by atoms with Crippen LogP contribution in [0.4, 0.5) is 11.4 Å². The average molecular weight is 528 g/mol. The summed E-state index contributed by atoms with van der Waals surface area (Å²) >= 11 is 5.97. The molecule has 5 rings (SSSR count). The molecule has 2 aromatic carbocycles. The summed E-state index contributed by atoms with van der Waals surface area (Å²) in [6.45, 7) is 2.50. The quantitative estimate of drug-likeness (QED) is 0.461. The molecule has 0 aromatic heterocycles. The number of hydrogen-bond donors (Lipinski definition) is 3. The molecule has 37 heavy (non-hydrogen) atoms. The van der Waals surface area contributed by atoms with E-state index in [2.05, 4.69) is 10.6 Å². The lowest BCUT2D eigenvalue weighted by Gasteiger charge is -2.33. The van der Waals surface area contributed by atoms with Crippen molar-refractivity contribution in [1.82, 2.24) is 4.90 Å². The lowest BCUT2D eigenvalue weighted by Crippen LogP contribution is -2.53. The summed E-state index contributed by atoms with van der Waals surface area (Å²) in [7, 11) is 0. The number of amides is 3. The molecule has 10 heteroatoms. The Hall–Kier alpha value is -3.14. The zero-order valence-corrected chi connectivity index (χ0v) is 21.2. The van der Waals surface area contributed by atoms with E-state index in [9.17, 15) is 19.5 Å². The molecule has 0 radical (unpaired) electrons. The van der Waals surface area contributed by atoms with Crippen molar-refractivity contribution in [1.29, 1.82) is 0 Å². The van der Waals surface area contributed by atoms with Crippen LogP contribution in [0, 0.1) is 11.8 Å². The average Bonchev–Trinajstić information content (AvgIpc) is 3.53. The second-order valence-corrected chi connectivity index (χ2v) is 10.0. The third-order valence-corrected chi connectivity index (χ3v) is 7.70. The molecule has 5 atom stereocenters. The highest BCUT2D eigenvalue weighted by molar-refractivity contribution is 6.30. The number of anilines is 2. The molecule has 1 spiro atoms. The minimum absolute atomic E-state index is 0.127. The summed E-state index contributed by atoms with van der Waals surface area (Å²) in [4.78, 5) is 42.3. The Morgan fingerprint density at radius 3 is 2.41 bits per heavy atom. The van der Waals surface area contributed by atoms with Crippen LogP contribution in [0.1, 0.15) is 26.2 Å². The maximum atomic E-state index is 13.7. The molecule has 3 N–H and O–H groups in total. The van der Waals surface area contributed by atoms with E-state index in [1.54, 1.807) is 48.5 Å². The summed E-state index contributed by atoms with van der Waals surface area (Å²) < 4.78 is 11.8. The van der Waals surface area contributed by atoms with Crippen LogP contribution in [-0.4, -0.2) is 65.2 Å². The summed E-state index contributed by atoms with van der Waals surface area (Å²) in [5, 5.41) is 15.8. The predicted octanol–water partition coefficient (Wildman–Crippen LogP) is 3.07. The molecular formula is C27H30ClN3O6. The molecule has 3 amide bonds. The fourth-order valence-corrected chi connectivity index (χ4v) is 6.13. The smallest absolute Gasteiger partial charge is 0.250 e. The van der Waals surface area contributed by atoms with Gasteiger partial charge in [-0.25, -0.2) is 0 Å². The second-order valence-electron chi connectivity index (χ2n) is 9.61. The van der Waals surface area contributed by atoms with Gasteiger partial charge in [0.05, 0.1) is 24.5 Å².